The van der Waals surface area contributed by atoms with Gasteiger partial charge in [0.1, 0.15) is 17.6 Å². The predicted molar refractivity (Wildman–Crippen MR) is 126 cm³/mol. The number of anilines is 1. The van der Waals surface area contributed by atoms with Crippen LogP contribution in [0, 0.1) is 11.6 Å². The standard InChI is InChI=1S/C24H26F4N6O2/c1-14(35)34-9-6-19-20(13-34)31-22(15(11-29)12-30-24(27)28)23(32-19)33-7-4-17(5-8-33)36-21-3-2-16(25)10-18(21)26/h2-3,10-12,17,24H,4-9,13,29H2,1H3/b15-11+,30-12+. The summed E-state index contributed by atoms with van der Waals surface area (Å²) in [5, 5.41) is 0. The normalized spacial score (nSPS) is 17.1. The minimum Gasteiger partial charge on any atom is -0.487 e. The van der Waals surface area contributed by atoms with Crippen molar-refractivity contribution in [1.29, 1.82) is 0 Å². The largest absolute Gasteiger partial charge is 0.487 e. The number of hydrogen-bond donors (Lipinski definition) is 1. The Hall–Kier alpha value is -3.70. The number of nitrogens with zero attached hydrogens (tertiary/aromatic N) is 5. The summed E-state index contributed by atoms with van der Waals surface area (Å²) in [4.78, 5) is 28.1. The number of allylic oxidation sites excluding steroid dienone is 1. The van der Waals surface area contributed by atoms with E-state index >= 15 is 0 Å². The lowest BCUT2D eigenvalue weighted by molar-refractivity contribution is -0.129. The lowest BCUT2D eigenvalue weighted by atomic mass is 10.0. The van der Waals surface area contributed by atoms with Gasteiger partial charge in [-0.2, -0.15) is 8.78 Å². The van der Waals surface area contributed by atoms with Crippen LogP contribution >= 0.6 is 0 Å². The van der Waals surface area contributed by atoms with Crippen molar-refractivity contribution in [3.05, 3.63) is 53.1 Å². The number of nitrogens with two attached hydrogens (primary N) is 1. The SMILES string of the molecule is CC(=O)N1CCc2nc(N3CCC(Oc4ccc(F)cc4F)CC3)c(C(=C/N)/C=N/C(F)F)nc2C1. The molecule has 0 unspecified atom stereocenters. The van der Waals surface area contributed by atoms with E-state index in [9.17, 15) is 22.4 Å². The number of aliphatic imine (C=N–C) groups is 1. The molecule has 2 aliphatic heterocycles. The van der Waals surface area contributed by atoms with E-state index < -0.39 is 18.2 Å². The van der Waals surface area contributed by atoms with Crippen molar-refractivity contribution in [2.24, 2.45) is 10.7 Å². The van der Waals surface area contributed by atoms with Crippen LogP contribution in [0.1, 0.15) is 36.8 Å². The van der Waals surface area contributed by atoms with Crippen molar-refractivity contribution in [1.82, 2.24) is 14.9 Å². The number of ether oxygens (including phenoxy) is 1. The first-order valence-corrected chi connectivity index (χ1v) is 11.5. The van der Waals surface area contributed by atoms with Gasteiger partial charge in [0.15, 0.2) is 17.4 Å². The number of hydrogen-bond acceptors (Lipinski definition) is 7. The zero-order valence-electron chi connectivity index (χ0n) is 19.6. The number of amides is 1. The van der Waals surface area contributed by atoms with Gasteiger partial charge in [-0.05, 0) is 12.1 Å². The summed E-state index contributed by atoms with van der Waals surface area (Å²) < 4.78 is 58.4. The number of rotatable bonds is 6. The number of fused-ring (bicyclic) bond motifs is 1. The van der Waals surface area contributed by atoms with Gasteiger partial charge in [-0.1, -0.05) is 0 Å². The van der Waals surface area contributed by atoms with Crippen LogP contribution in [0.25, 0.3) is 5.57 Å². The van der Waals surface area contributed by atoms with E-state index in [0.717, 1.165) is 30.2 Å². The van der Waals surface area contributed by atoms with Crippen LogP contribution in [0.15, 0.2) is 29.4 Å². The van der Waals surface area contributed by atoms with E-state index in [4.69, 9.17) is 15.5 Å². The second kappa shape index (κ2) is 10.9. The molecule has 0 atom stereocenters. The van der Waals surface area contributed by atoms with Crippen molar-refractivity contribution in [2.45, 2.75) is 45.4 Å². The molecule has 4 rings (SSSR count). The molecule has 0 saturated carbocycles. The summed E-state index contributed by atoms with van der Waals surface area (Å²) in [5.41, 5.74) is 7.50. The number of halogens is 4. The van der Waals surface area contributed by atoms with Gasteiger partial charge in [0.25, 0.3) is 0 Å². The zero-order valence-corrected chi connectivity index (χ0v) is 19.6. The van der Waals surface area contributed by atoms with Crippen molar-refractivity contribution in [3.63, 3.8) is 0 Å². The number of carbonyl (C=O) groups is 1. The van der Waals surface area contributed by atoms with Crippen LogP contribution in [0.3, 0.4) is 0 Å². The van der Waals surface area contributed by atoms with Crippen LogP contribution in [0.5, 0.6) is 5.75 Å². The summed E-state index contributed by atoms with van der Waals surface area (Å²) in [5.74, 6) is -1.10. The summed E-state index contributed by atoms with van der Waals surface area (Å²) in [6.45, 7) is 0.254. The fourth-order valence-corrected chi connectivity index (χ4v) is 4.26. The molecule has 1 fully saturated rings. The molecule has 0 bridgehead atoms. The Morgan fingerprint density at radius 1 is 1.19 bits per heavy atom. The number of benzene rings is 1. The Labute approximate surface area is 205 Å². The molecule has 1 aromatic heterocycles. The molecule has 2 aromatic rings. The molecule has 2 N–H and O–H groups in total. The van der Waals surface area contributed by atoms with E-state index in [-0.39, 0.29) is 35.6 Å². The number of carbonyl (C=O) groups excluding carboxylic acids is 1. The maximum absolute atomic E-state index is 14.0. The lowest BCUT2D eigenvalue weighted by Crippen LogP contribution is -2.40. The quantitative estimate of drug-likeness (QED) is 0.367. The Kier molecular flexibility index (Phi) is 7.70. The Morgan fingerprint density at radius 3 is 2.58 bits per heavy atom. The van der Waals surface area contributed by atoms with Gasteiger partial charge in [-0.3, -0.25) is 4.79 Å². The number of alkyl halides is 2. The Bertz CT molecular complexity index is 1180. The average molecular weight is 507 g/mol. The van der Waals surface area contributed by atoms with E-state index in [1.54, 1.807) is 4.90 Å². The summed E-state index contributed by atoms with van der Waals surface area (Å²) in [6.07, 6.45) is 3.34. The van der Waals surface area contributed by atoms with Crippen LogP contribution < -0.4 is 15.4 Å². The zero-order chi connectivity index (χ0) is 25.8. The molecular weight excluding hydrogens is 480 g/mol. The molecule has 2 aliphatic rings. The molecule has 8 nitrogen and oxygen atoms in total. The molecule has 1 saturated heterocycles. The van der Waals surface area contributed by atoms with Crippen molar-refractivity contribution < 1.29 is 27.1 Å². The topological polar surface area (TPSA) is 96.9 Å². The minimum absolute atomic E-state index is 0.0179. The van der Waals surface area contributed by atoms with Crippen molar-refractivity contribution in [2.75, 3.05) is 24.5 Å². The second-order valence-corrected chi connectivity index (χ2v) is 8.54. The Morgan fingerprint density at radius 2 is 1.94 bits per heavy atom. The fourth-order valence-electron chi connectivity index (χ4n) is 4.26. The van der Waals surface area contributed by atoms with Crippen molar-refractivity contribution in [3.8, 4) is 5.75 Å². The van der Waals surface area contributed by atoms with Crippen LogP contribution in [0.4, 0.5) is 23.4 Å². The van der Waals surface area contributed by atoms with Crippen molar-refractivity contribution >= 4 is 23.5 Å². The molecule has 1 amide bonds. The fraction of sp³-hybridized carbons (Fsp3) is 0.417. The third-order valence-electron chi connectivity index (χ3n) is 6.15. The molecular formula is C24H26F4N6O2. The highest BCUT2D eigenvalue weighted by molar-refractivity contribution is 6.10. The van der Waals surface area contributed by atoms with E-state index in [2.05, 4.69) is 9.98 Å². The van der Waals surface area contributed by atoms with Gasteiger partial charge in [0, 0.05) is 69.9 Å². The third kappa shape index (κ3) is 5.74. The lowest BCUT2D eigenvalue weighted by Gasteiger charge is -2.35. The summed E-state index contributed by atoms with van der Waals surface area (Å²) in [7, 11) is 0. The van der Waals surface area contributed by atoms with Gasteiger partial charge in [-0.25, -0.2) is 23.7 Å². The predicted octanol–water partition coefficient (Wildman–Crippen LogP) is 3.30. The van der Waals surface area contributed by atoms with E-state index in [1.807, 2.05) is 4.90 Å². The molecule has 0 spiro atoms. The first-order chi connectivity index (χ1) is 17.2. The van der Waals surface area contributed by atoms with Crippen LogP contribution in [0.2, 0.25) is 0 Å². The van der Waals surface area contributed by atoms with Gasteiger partial charge >= 0.3 is 6.55 Å². The Balaban J connectivity index is 1.59. The molecule has 0 radical (unpaired) electrons. The molecule has 3 heterocycles. The summed E-state index contributed by atoms with van der Waals surface area (Å²) in [6, 6.07) is 3.17. The van der Waals surface area contributed by atoms with Crippen LogP contribution in [-0.2, 0) is 17.8 Å². The number of piperidine rings is 1. The molecule has 1 aromatic carbocycles. The van der Waals surface area contributed by atoms with Gasteiger partial charge < -0.3 is 20.3 Å². The summed E-state index contributed by atoms with van der Waals surface area (Å²) >= 11 is 0. The monoisotopic (exact) mass is 506 g/mol. The van der Waals surface area contributed by atoms with Gasteiger partial charge in [0.05, 0.1) is 17.9 Å². The first-order valence-electron chi connectivity index (χ1n) is 11.5. The average Bonchev–Trinajstić information content (AvgIpc) is 2.85. The highest BCUT2D eigenvalue weighted by Gasteiger charge is 2.29. The first kappa shape index (κ1) is 25.4. The van der Waals surface area contributed by atoms with E-state index in [1.165, 1.54) is 13.0 Å². The molecule has 12 heteroatoms. The highest BCUT2D eigenvalue weighted by Crippen LogP contribution is 2.30. The van der Waals surface area contributed by atoms with Gasteiger partial charge in [-0.15, -0.1) is 0 Å². The molecule has 0 aliphatic carbocycles. The second-order valence-electron chi connectivity index (χ2n) is 8.54. The molecule has 36 heavy (non-hydrogen) atoms. The minimum atomic E-state index is -2.91. The van der Waals surface area contributed by atoms with Gasteiger partial charge in [0.2, 0.25) is 5.91 Å². The molecule has 192 valence electrons. The third-order valence-corrected chi connectivity index (χ3v) is 6.15. The highest BCUT2D eigenvalue weighted by atomic mass is 19.3. The maximum atomic E-state index is 14.0. The maximum Gasteiger partial charge on any atom is 0.331 e. The van der Waals surface area contributed by atoms with E-state index in [0.29, 0.717) is 50.4 Å². The number of aromatic nitrogens is 2. The smallest absolute Gasteiger partial charge is 0.331 e. The van der Waals surface area contributed by atoms with Crippen LogP contribution in [-0.4, -0.2) is 59.3 Å².